The van der Waals surface area contributed by atoms with Gasteiger partial charge in [0.1, 0.15) is 11.2 Å². The van der Waals surface area contributed by atoms with Gasteiger partial charge < -0.3 is 8.98 Å². The number of nitrogens with zero attached hydrogens (tertiary/aromatic N) is 2. The molecule has 0 atom stereocenters. The van der Waals surface area contributed by atoms with Crippen molar-refractivity contribution >= 4 is 76.2 Å². The van der Waals surface area contributed by atoms with Gasteiger partial charge >= 0.3 is 0 Å². The van der Waals surface area contributed by atoms with Crippen molar-refractivity contribution in [3.05, 3.63) is 158 Å². The Kier molecular flexibility index (Phi) is 5.11. The standard InChI is InChI=1S/C45H26N2O/c1-2-8-28(9-3-1)35-26-31-10-4-5-13-36(31)46-45(35)32-17-16-27-18-21-34(25-33(27)24-32)47-37-22-19-29-11-6-14-39-41(29)43(37)44-38(47)23-20-30-12-7-15-40(48-39)42(30)44/h1-26H. The molecule has 0 N–H and O–H groups in total. The van der Waals surface area contributed by atoms with E-state index < -0.39 is 0 Å². The molecule has 0 fully saturated rings. The molecule has 3 aromatic heterocycles. The molecule has 48 heavy (non-hydrogen) atoms. The van der Waals surface area contributed by atoms with Crippen LogP contribution in [0.3, 0.4) is 0 Å². The Labute approximate surface area is 275 Å². The van der Waals surface area contributed by atoms with Crippen molar-refractivity contribution in [1.29, 1.82) is 0 Å². The van der Waals surface area contributed by atoms with E-state index in [0.29, 0.717) is 0 Å². The molecule has 0 saturated heterocycles. The van der Waals surface area contributed by atoms with Crippen LogP contribution in [0.25, 0.3) is 104 Å². The first kappa shape index (κ1) is 25.7. The normalized spacial score (nSPS) is 12.2. The summed E-state index contributed by atoms with van der Waals surface area (Å²) >= 11 is 0. The first-order chi connectivity index (χ1) is 23.8. The van der Waals surface area contributed by atoms with Crippen LogP contribution in [0, 0.1) is 0 Å². The smallest absolute Gasteiger partial charge is 0.135 e. The average Bonchev–Trinajstić information content (AvgIpc) is 3.40. The van der Waals surface area contributed by atoms with E-state index in [1.165, 1.54) is 54.1 Å². The van der Waals surface area contributed by atoms with Crippen LogP contribution in [0.2, 0.25) is 0 Å². The molecule has 11 rings (SSSR count). The number of aromatic nitrogens is 2. The molecular weight excluding hydrogens is 585 g/mol. The molecule has 11 aromatic rings. The van der Waals surface area contributed by atoms with Crippen molar-refractivity contribution < 1.29 is 4.42 Å². The molecule has 0 aliphatic rings. The molecule has 0 amide bonds. The highest BCUT2D eigenvalue weighted by molar-refractivity contribution is 6.33. The zero-order valence-electron chi connectivity index (χ0n) is 25.8. The molecular formula is C45H26N2O. The fraction of sp³-hybridized carbons (Fsp3) is 0. The summed E-state index contributed by atoms with van der Waals surface area (Å²) in [6, 6.07) is 56.5. The van der Waals surface area contributed by atoms with E-state index in [4.69, 9.17) is 9.40 Å². The summed E-state index contributed by atoms with van der Waals surface area (Å²) in [5.41, 5.74) is 10.7. The van der Waals surface area contributed by atoms with Crippen molar-refractivity contribution in [3.8, 4) is 28.1 Å². The van der Waals surface area contributed by atoms with Crippen LogP contribution >= 0.6 is 0 Å². The van der Waals surface area contributed by atoms with Gasteiger partial charge in [-0.3, -0.25) is 0 Å². The zero-order valence-corrected chi connectivity index (χ0v) is 25.8. The van der Waals surface area contributed by atoms with E-state index in [1.54, 1.807) is 0 Å². The summed E-state index contributed by atoms with van der Waals surface area (Å²) in [6.07, 6.45) is 0. The highest BCUT2D eigenvalue weighted by Gasteiger charge is 2.21. The van der Waals surface area contributed by atoms with Gasteiger partial charge in [-0.15, -0.1) is 0 Å². The highest BCUT2D eigenvalue weighted by atomic mass is 16.3. The maximum absolute atomic E-state index is 6.63. The van der Waals surface area contributed by atoms with Crippen LogP contribution in [-0.4, -0.2) is 9.55 Å². The fourth-order valence-corrected chi connectivity index (χ4v) is 7.94. The van der Waals surface area contributed by atoms with Gasteiger partial charge in [0.2, 0.25) is 0 Å². The van der Waals surface area contributed by atoms with Crippen molar-refractivity contribution in [2.75, 3.05) is 0 Å². The minimum Gasteiger partial charge on any atom is -0.456 e. The van der Waals surface area contributed by atoms with E-state index in [0.717, 1.165) is 50.1 Å². The Bertz CT molecular complexity index is 2950. The van der Waals surface area contributed by atoms with Crippen molar-refractivity contribution in [3.63, 3.8) is 0 Å². The minimum atomic E-state index is 0.904. The summed E-state index contributed by atoms with van der Waals surface area (Å²) in [7, 11) is 0. The van der Waals surface area contributed by atoms with Crippen molar-refractivity contribution in [1.82, 2.24) is 9.55 Å². The quantitative estimate of drug-likeness (QED) is 0.199. The number of benzene rings is 8. The molecule has 0 bridgehead atoms. The molecule has 0 aliphatic carbocycles. The SMILES string of the molecule is c1ccc(-c2cc3ccccc3nc2-c2ccc3ccc(-n4c5ccc6cccc7oc8cccc9ccc4c(c98)c5c67)cc3c2)cc1. The Balaban J connectivity index is 1.19. The van der Waals surface area contributed by atoms with Gasteiger partial charge in [0.25, 0.3) is 0 Å². The molecule has 3 heterocycles. The van der Waals surface area contributed by atoms with E-state index in [9.17, 15) is 0 Å². The van der Waals surface area contributed by atoms with Crippen LogP contribution in [-0.2, 0) is 0 Å². The lowest BCUT2D eigenvalue weighted by Gasteiger charge is -2.14. The summed E-state index contributed by atoms with van der Waals surface area (Å²) in [6.45, 7) is 0. The maximum atomic E-state index is 6.63. The molecule has 3 nitrogen and oxygen atoms in total. The Morgan fingerprint density at radius 2 is 1.06 bits per heavy atom. The van der Waals surface area contributed by atoms with Crippen molar-refractivity contribution in [2.45, 2.75) is 0 Å². The van der Waals surface area contributed by atoms with Crippen LogP contribution in [0.15, 0.2) is 162 Å². The highest BCUT2D eigenvalue weighted by Crippen LogP contribution is 2.45. The molecule has 8 aromatic carbocycles. The number of para-hydroxylation sites is 1. The number of rotatable bonds is 3. The molecule has 0 spiro atoms. The predicted molar refractivity (Wildman–Crippen MR) is 200 cm³/mol. The fourth-order valence-electron chi connectivity index (χ4n) is 7.94. The van der Waals surface area contributed by atoms with E-state index >= 15 is 0 Å². The maximum Gasteiger partial charge on any atom is 0.135 e. The summed E-state index contributed by atoms with van der Waals surface area (Å²) in [4.78, 5) is 5.24. The molecule has 0 aliphatic heterocycles. The lowest BCUT2D eigenvalue weighted by Crippen LogP contribution is -1.95. The second-order valence-electron chi connectivity index (χ2n) is 12.8. The number of hydrogen-bond acceptors (Lipinski definition) is 2. The first-order valence-corrected chi connectivity index (χ1v) is 16.4. The second kappa shape index (κ2) is 9.54. The number of pyridine rings is 1. The van der Waals surface area contributed by atoms with Crippen LogP contribution in [0.4, 0.5) is 0 Å². The zero-order chi connectivity index (χ0) is 31.3. The van der Waals surface area contributed by atoms with Gasteiger partial charge in [-0.1, -0.05) is 103 Å². The van der Waals surface area contributed by atoms with Gasteiger partial charge in [-0.05, 0) is 81.7 Å². The van der Waals surface area contributed by atoms with E-state index in [1.807, 2.05) is 0 Å². The lowest BCUT2D eigenvalue weighted by molar-refractivity contribution is 0.664. The van der Waals surface area contributed by atoms with Gasteiger partial charge in [0.15, 0.2) is 0 Å². The molecule has 222 valence electrons. The summed E-state index contributed by atoms with van der Waals surface area (Å²) < 4.78 is 9.06. The summed E-state index contributed by atoms with van der Waals surface area (Å²) in [5, 5.41) is 10.7. The lowest BCUT2D eigenvalue weighted by atomic mass is 9.96. The molecule has 0 radical (unpaired) electrons. The molecule has 0 saturated carbocycles. The van der Waals surface area contributed by atoms with Crippen molar-refractivity contribution in [2.24, 2.45) is 0 Å². The van der Waals surface area contributed by atoms with E-state index in [2.05, 4.69) is 162 Å². The monoisotopic (exact) mass is 610 g/mol. The first-order valence-electron chi connectivity index (χ1n) is 16.4. The van der Waals surface area contributed by atoms with Crippen LogP contribution in [0.5, 0.6) is 0 Å². The van der Waals surface area contributed by atoms with Gasteiger partial charge in [-0.2, -0.15) is 0 Å². The Hall–Kier alpha value is -6.45. The third-order valence-corrected chi connectivity index (χ3v) is 10.1. The van der Waals surface area contributed by atoms with Crippen LogP contribution < -0.4 is 0 Å². The largest absolute Gasteiger partial charge is 0.456 e. The summed E-state index contributed by atoms with van der Waals surface area (Å²) in [5.74, 6) is 0. The van der Waals surface area contributed by atoms with Crippen LogP contribution in [0.1, 0.15) is 0 Å². The second-order valence-corrected chi connectivity index (χ2v) is 12.8. The Morgan fingerprint density at radius 1 is 0.417 bits per heavy atom. The van der Waals surface area contributed by atoms with Gasteiger partial charge in [-0.25, -0.2) is 4.98 Å². The predicted octanol–water partition coefficient (Wildman–Crippen LogP) is 12.3. The average molecular weight is 611 g/mol. The van der Waals surface area contributed by atoms with Gasteiger partial charge in [0.05, 0.1) is 22.2 Å². The molecule has 0 unspecified atom stereocenters. The minimum absolute atomic E-state index is 0.904. The number of fused-ring (bicyclic) bond motifs is 2. The third-order valence-electron chi connectivity index (χ3n) is 10.1. The molecule has 3 heteroatoms. The van der Waals surface area contributed by atoms with Gasteiger partial charge in [0, 0.05) is 43.7 Å². The topological polar surface area (TPSA) is 31.0 Å². The van der Waals surface area contributed by atoms with E-state index in [-0.39, 0.29) is 0 Å². The third kappa shape index (κ3) is 3.56. The Morgan fingerprint density at radius 3 is 1.81 bits per heavy atom. The number of hydrogen-bond donors (Lipinski definition) is 0.